The van der Waals surface area contributed by atoms with Gasteiger partial charge in [0.05, 0.1) is 12.8 Å². The van der Waals surface area contributed by atoms with Crippen molar-refractivity contribution in [3.05, 3.63) is 60.2 Å². The molecule has 2 amide bonds. The van der Waals surface area contributed by atoms with Crippen molar-refractivity contribution in [1.82, 2.24) is 10.0 Å². The van der Waals surface area contributed by atoms with Crippen LogP contribution in [0.15, 0.2) is 54.6 Å². The molecule has 7 nitrogen and oxygen atoms in total. The van der Waals surface area contributed by atoms with Gasteiger partial charge in [-0.3, -0.25) is 14.3 Å². The van der Waals surface area contributed by atoms with Crippen molar-refractivity contribution in [2.45, 2.75) is 0 Å². The van der Waals surface area contributed by atoms with Crippen LogP contribution in [0.25, 0.3) is 0 Å². The molecule has 0 aliphatic rings. The number of amides is 2. The summed E-state index contributed by atoms with van der Waals surface area (Å²) in [5.74, 6) is -0.0699. The van der Waals surface area contributed by atoms with Gasteiger partial charge in [-0.2, -0.15) is 0 Å². The van der Waals surface area contributed by atoms with Gasteiger partial charge < -0.3 is 10.1 Å². The van der Waals surface area contributed by atoms with Gasteiger partial charge >= 0.3 is 0 Å². The molecule has 0 saturated carbocycles. The number of hydrogen-bond donors (Lipinski definition) is 2. The highest BCUT2D eigenvalue weighted by molar-refractivity contribution is 7.89. The molecule has 0 atom stereocenters. The lowest BCUT2D eigenvalue weighted by atomic mass is 10.2. The third-order valence-electron chi connectivity index (χ3n) is 2.80. The number of carbonyl (C=O) groups is 2. The van der Waals surface area contributed by atoms with Gasteiger partial charge in [0.25, 0.3) is 11.8 Å². The van der Waals surface area contributed by atoms with Crippen molar-refractivity contribution < 1.29 is 22.7 Å². The first kappa shape index (κ1) is 17.5. The summed E-state index contributed by atoms with van der Waals surface area (Å²) in [6.07, 6.45) is 0.859. The molecular formula is C16H16N2O5S. The highest BCUT2D eigenvalue weighted by Gasteiger charge is 2.11. The van der Waals surface area contributed by atoms with Gasteiger partial charge in [0.2, 0.25) is 10.0 Å². The summed E-state index contributed by atoms with van der Waals surface area (Å²) < 4.78 is 29.1. The van der Waals surface area contributed by atoms with E-state index in [2.05, 4.69) is 5.32 Å². The van der Waals surface area contributed by atoms with Crippen LogP contribution in [0.1, 0.15) is 10.4 Å². The molecule has 24 heavy (non-hydrogen) atoms. The van der Waals surface area contributed by atoms with Crippen molar-refractivity contribution in [1.29, 1.82) is 0 Å². The summed E-state index contributed by atoms with van der Waals surface area (Å²) >= 11 is 0. The van der Waals surface area contributed by atoms with Crippen LogP contribution >= 0.6 is 0 Å². The Labute approximate surface area is 139 Å². The molecule has 0 radical (unpaired) electrons. The van der Waals surface area contributed by atoms with Crippen molar-refractivity contribution in [3.8, 4) is 11.5 Å². The van der Waals surface area contributed by atoms with E-state index in [4.69, 9.17) is 4.74 Å². The third kappa shape index (κ3) is 5.73. The Morgan fingerprint density at radius 2 is 1.54 bits per heavy atom. The van der Waals surface area contributed by atoms with Gasteiger partial charge in [-0.1, -0.05) is 18.2 Å². The molecule has 2 aromatic rings. The quantitative estimate of drug-likeness (QED) is 0.819. The second-order valence-electron chi connectivity index (χ2n) is 4.92. The minimum atomic E-state index is -3.64. The Morgan fingerprint density at radius 1 is 0.958 bits per heavy atom. The third-order valence-corrected chi connectivity index (χ3v) is 3.40. The monoisotopic (exact) mass is 348 g/mol. The number of sulfonamides is 1. The molecule has 0 spiro atoms. The number of para-hydroxylation sites is 1. The predicted octanol–water partition coefficient (Wildman–Crippen LogP) is 1.28. The van der Waals surface area contributed by atoms with Crippen LogP contribution in [0, 0.1) is 0 Å². The normalized spacial score (nSPS) is 10.7. The van der Waals surface area contributed by atoms with Gasteiger partial charge in [-0.25, -0.2) is 8.42 Å². The zero-order chi connectivity index (χ0) is 17.6. The summed E-state index contributed by atoms with van der Waals surface area (Å²) in [4.78, 5) is 23.2. The molecule has 0 unspecified atom stereocenters. The number of rotatable bonds is 6. The van der Waals surface area contributed by atoms with Crippen molar-refractivity contribution >= 4 is 21.8 Å². The molecule has 8 heteroatoms. The Bertz CT molecular complexity index is 817. The fraction of sp³-hybridized carbons (Fsp3) is 0.125. The van der Waals surface area contributed by atoms with Crippen LogP contribution in [-0.4, -0.2) is 33.0 Å². The van der Waals surface area contributed by atoms with Crippen LogP contribution in [0.2, 0.25) is 0 Å². The maximum Gasteiger partial charge on any atom is 0.252 e. The van der Waals surface area contributed by atoms with Crippen LogP contribution in [-0.2, 0) is 14.8 Å². The molecule has 2 aromatic carbocycles. The lowest BCUT2D eigenvalue weighted by molar-refractivity contribution is -0.118. The first-order chi connectivity index (χ1) is 11.3. The fourth-order valence-electron chi connectivity index (χ4n) is 1.80. The number of hydrogen-bond acceptors (Lipinski definition) is 5. The van der Waals surface area contributed by atoms with Gasteiger partial charge in [-0.15, -0.1) is 0 Å². The average Bonchev–Trinajstić information content (AvgIpc) is 2.53. The molecule has 0 aliphatic heterocycles. The molecule has 126 valence electrons. The largest absolute Gasteiger partial charge is 0.457 e. The van der Waals surface area contributed by atoms with Crippen LogP contribution in [0.5, 0.6) is 11.5 Å². The minimum absolute atomic E-state index is 0.322. The Hall–Kier alpha value is -2.87. The maximum atomic E-state index is 11.9. The molecule has 0 bridgehead atoms. The smallest absolute Gasteiger partial charge is 0.252 e. The molecule has 2 N–H and O–H groups in total. The SMILES string of the molecule is CS(=O)(=O)NC(=O)CNC(=O)c1ccc(Oc2ccccc2)cc1. The molecule has 0 heterocycles. The summed E-state index contributed by atoms with van der Waals surface area (Å²) in [7, 11) is -3.64. The van der Waals surface area contributed by atoms with Crippen molar-refractivity contribution in [2.75, 3.05) is 12.8 Å². The zero-order valence-corrected chi connectivity index (χ0v) is 13.7. The van der Waals surface area contributed by atoms with E-state index >= 15 is 0 Å². The van der Waals surface area contributed by atoms with Crippen LogP contribution in [0.4, 0.5) is 0 Å². The highest BCUT2D eigenvalue weighted by Crippen LogP contribution is 2.20. The molecule has 0 saturated heterocycles. The zero-order valence-electron chi connectivity index (χ0n) is 12.9. The molecule has 0 aliphatic carbocycles. The average molecular weight is 348 g/mol. The van der Waals surface area contributed by atoms with E-state index in [1.807, 2.05) is 18.2 Å². The Balaban J connectivity index is 1.90. The van der Waals surface area contributed by atoms with E-state index < -0.39 is 28.4 Å². The topological polar surface area (TPSA) is 102 Å². The van der Waals surface area contributed by atoms with Crippen LogP contribution < -0.4 is 14.8 Å². The number of benzene rings is 2. The first-order valence-electron chi connectivity index (χ1n) is 6.95. The lowest BCUT2D eigenvalue weighted by Crippen LogP contribution is -2.39. The van der Waals surface area contributed by atoms with Gasteiger partial charge in [0.1, 0.15) is 11.5 Å². The second kappa shape index (κ2) is 7.60. The van der Waals surface area contributed by atoms with E-state index in [1.54, 1.807) is 41.1 Å². The molecular weight excluding hydrogens is 332 g/mol. The van der Waals surface area contributed by atoms with Gasteiger partial charge in [-0.05, 0) is 36.4 Å². The molecule has 2 rings (SSSR count). The summed E-state index contributed by atoms with van der Waals surface area (Å²) in [5, 5.41) is 2.33. The van der Waals surface area contributed by atoms with Crippen molar-refractivity contribution in [2.24, 2.45) is 0 Å². The van der Waals surface area contributed by atoms with E-state index in [0.717, 1.165) is 6.26 Å². The van der Waals surface area contributed by atoms with E-state index in [9.17, 15) is 18.0 Å². The van der Waals surface area contributed by atoms with E-state index in [1.165, 1.54) is 0 Å². The summed E-state index contributed by atoms with van der Waals surface area (Å²) in [6, 6.07) is 15.5. The number of carbonyl (C=O) groups excluding carboxylic acids is 2. The lowest BCUT2D eigenvalue weighted by Gasteiger charge is -2.07. The summed E-state index contributed by atoms with van der Waals surface area (Å²) in [6.45, 7) is -0.436. The summed E-state index contributed by atoms with van der Waals surface area (Å²) in [5.41, 5.74) is 0.322. The molecule has 0 fully saturated rings. The van der Waals surface area contributed by atoms with Crippen molar-refractivity contribution in [3.63, 3.8) is 0 Å². The maximum absolute atomic E-state index is 11.9. The predicted molar refractivity (Wildman–Crippen MR) is 88.3 cm³/mol. The Kier molecular flexibility index (Phi) is 5.54. The highest BCUT2D eigenvalue weighted by atomic mass is 32.2. The molecule has 0 aromatic heterocycles. The van der Waals surface area contributed by atoms with Gasteiger partial charge in [0.15, 0.2) is 0 Å². The van der Waals surface area contributed by atoms with E-state index in [0.29, 0.717) is 17.1 Å². The minimum Gasteiger partial charge on any atom is -0.457 e. The Morgan fingerprint density at radius 3 is 2.12 bits per heavy atom. The standard InChI is InChI=1S/C16H16N2O5S/c1-24(21,22)18-15(19)11-17-16(20)12-7-9-14(10-8-12)23-13-5-3-2-4-6-13/h2-10H,11H2,1H3,(H,17,20)(H,18,19). The van der Waals surface area contributed by atoms with Crippen LogP contribution in [0.3, 0.4) is 0 Å². The first-order valence-corrected chi connectivity index (χ1v) is 8.84. The van der Waals surface area contributed by atoms with Gasteiger partial charge in [0, 0.05) is 5.56 Å². The number of nitrogens with one attached hydrogen (secondary N) is 2. The van der Waals surface area contributed by atoms with E-state index in [-0.39, 0.29) is 0 Å². The second-order valence-corrected chi connectivity index (χ2v) is 6.67. The fourth-order valence-corrected chi connectivity index (χ4v) is 2.29. The number of ether oxygens (including phenoxy) is 1.